The van der Waals surface area contributed by atoms with Crippen molar-refractivity contribution in [3.8, 4) is 5.75 Å². The molecular weight excluding hydrogens is 338 g/mol. The highest BCUT2D eigenvalue weighted by molar-refractivity contribution is 9.10. The van der Waals surface area contributed by atoms with Crippen LogP contribution in [-0.4, -0.2) is 29.6 Å². The largest absolute Gasteiger partial charge is 0.492 e. The second kappa shape index (κ2) is 8.67. The van der Waals surface area contributed by atoms with E-state index in [-0.39, 0.29) is 24.9 Å². The molecule has 0 radical (unpaired) electrons. The molecule has 6 heteroatoms. The lowest BCUT2D eigenvalue weighted by Gasteiger charge is -2.16. The highest BCUT2D eigenvalue weighted by Crippen LogP contribution is 2.23. The number of ether oxygens (including phenoxy) is 1. The molecule has 0 aliphatic carbocycles. The van der Waals surface area contributed by atoms with Gasteiger partial charge in [0.1, 0.15) is 11.8 Å². The Balaban J connectivity index is 2.39. The number of para-hydroxylation sites is 1. The molecule has 0 fully saturated rings. The summed E-state index contributed by atoms with van der Waals surface area (Å²) in [6.07, 6.45) is 0.523. The highest BCUT2D eigenvalue weighted by Gasteiger charge is 2.20. The van der Waals surface area contributed by atoms with Crippen LogP contribution in [-0.2, 0) is 9.59 Å². The van der Waals surface area contributed by atoms with Crippen LogP contribution in [0.4, 0.5) is 0 Å². The molecule has 116 valence electrons. The third-order valence-corrected chi connectivity index (χ3v) is 3.42. The Kier molecular flexibility index (Phi) is 7.22. The molecule has 1 atom stereocenters. The highest BCUT2D eigenvalue weighted by atomic mass is 79.9. The Morgan fingerprint density at radius 2 is 2.00 bits per heavy atom. The monoisotopic (exact) mass is 357 g/mol. The Morgan fingerprint density at radius 3 is 2.57 bits per heavy atom. The van der Waals surface area contributed by atoms with E-state index in [1.54, 1.807) is 6.07 Å². The predicted molar refractivity (Wildman–Crippen MR) is 83.3 cm³/mol. The van der Waals surface area contributed by atoms with Gasteiger partial charge in [-0.1, -0.05) is 26.0 Å². The van der Waals surface area contributed by atoms with Gasteiger partial charge in [-0.3, -0.25) is 4.79 Å². The van der Waals surface area contributed by atoms with Gasteiger partial charge in [0.05, 0.1) is 17.5 Å². The van der Waals surface area contributed by atoms with Gasteiger partial charge in [0.15, 0.2) is 0 Å². The molecule has 21 heavy (non-hydrogen) atoms. The first-order chi connectivity index (χ1) is 9.90. The number of carbonyl (C=O) groups excluding carboxylic acids is 1. The summed E-state index contributed by atoms with van der Waals surface area (Å²) in [7, 11) is 0. The fourth-order valence-electron chi connectivity index (χ4n) is 1.77. The fourth-order valence-corrected chi connectivity index (χ4v) is 2.17. The average Bonchev–Trinajstić information content (AvgIpc) is 2.39. The van der Waals surface area contributed by atoms with Gasteiger partial charge >= 0.3 is 5.97 Å². The van der Waals surface area contributed by atoms with Crippen LogP contribution in [0.25, 0.3) is 0 Å². The van der Waals surface area contributed by atoms with Gasteiger partial charge < -0.3 is 15.2 Å². The van der Waals surface area contributed by atoms with Gasteiger partial charge in [-0.25, -0.2) is 4.79 Å². The standard InChI is InChI=1S/C15H20BrNO4/c1-10(2)9-12(15(19)20)17-14(18)7-8-21-13-6-4-3-5-11(13)16/h3-6,10,12H,7-9H2,1-2H3,(H,17,18)(H,19,20). The van der Waals surface area contributed by atoms with E-state index in [9.17, 15) is 9.59 Å². The third-order valence-electron chi connectivity index (χ3n) is 2.76. The van der Waals surface area contributed by atoms with Gasteiger partial charge in [0, 0.05) is 0 Å². The molecule has 1 aromatic carbocycles. The number of nitrogens with one attached hydrogen (secondary N) is 1. The van der Waals surface area contributed by atoms with Crippen LogP contribution in [0.1, 0.15) is 26.7 Å². The zero-order valence-corrected chi connectivity index (χ0v) is 13.7. The lowest BCUT2D eigenvalue weighted by Crippen LogP contribution is -2.42. The average molecular weight is 358 g/mol. The summed E-state index contributed by atoms with van der Waals surface area (Å²) in [4.78, 5) is 22.8. The summed E-state index contributed by atoms with van der Waals surface area (Å²) in [5.74, 6) is -0.482. The van der Waals surface area contributed by atoms with E-state index in [1.807, 2.05) is 32.0 Å². The molecule has 1 unspecified atom stereocenters. The fraction of sp³-hybridized carbons (Fsp3) is 0.467. The number of hydrogen-bond acceptors (Lipinski definition) is 3. The summed E-state index contributed by atoms with van der Waals surface area (Å²) < 4.78 is 6.29. The number of aliphatic carboxylic acids is 1. The number of benzene rings is 1. The minimum Gasteiger partial charge on any atom is -0.492 e. The van der Waals surface area contributed by atoms with Gasteiger partial charge in [-0.15, -0.1) is 0 Å². The second-order valence-corrected chi connectivity index (χ2v) is 5.97. The number of hydrogen-bond donors (Lipinski definition) is 2. The van der Waals surface area contributed by atoms with Crippen LogP contribution in [0.2, 0.25) is 0 Å². The molecule has 1 amide bonds. The van der Waals surface area contributed by atoms with Crippen molar-refractivity contribution in [1.82, 2.24) is 5.32 Å². The number of rotatable bonds is 8. The zero-order valence-electron chi connectivity index (χ0n) is 12.1. The molecule has 2 N–H and O–H groups in total. The van der Waals surface area contributed by atoms with Crippen molar-refractivity contribution in [2.24, 2.45) is 5.92 Å². The summed E-state index contributed by atoms with van der Waals surface area (Å²) in [5, 5.41) is 11.6. The Labute approximate surface area is 132 Å². The molecule has 5 nitrogen and oxygen atoms in total. The maximum Gasteiger partial charge on any atom is 0.326 e. The first-order valence-corrected chi connectivity index (χ1v) is 7.59. The minimum absolute atomic E-state index is 0.114. The lowest BCUT2D eigenvalue weighted by molar-refractivity contribution is -0.142. The number of amides is 1. The van der Waals surface area contributed by atoms with Crippen LogP contribution in [0, 0.1) is 5.92 Å². The van der Waals surface area contributed by atoms with E-state index in [0.717, 1.165) is 4.47 Å². The molecule has 0 aromatic heterocycles. The van der Waals surface area contributed by atoms with Crippen molar-refractivity contribution < 1.29 is 19.4 Å². The minimum atomic E-state index is -1.01. The van der Waals surface area contributed by atoms with Gasteiger partial charge in [-0.05, 0) is 40.4 Å². The molecule has 0 bridgehead atoms. The van der Waals surface area contributed by atoms with Crippen molar-refractivity contribution >= 4 is 27.8 Å². The van der Waals surface area contributed by atoms with Crippen LogP contribution >= 0.6 is 15.9 Å². The van der Waals surface area contributed by atoms with E-state index < -0.39 is 12.0 Å². The second-order valence-electron chi connectivity index (χ2n) is 5.12. The zero-order chi connectivity index (χ0) is 15.8. The molecule has 0 saturated carbocycles. The topological polar surface area (TPSA) is 75.6 Å². The molecule has 0 aliphatic rings. The van der Waals surface area contributed by atoms with Gasteiger partial charge in [0.2, 0.25) is 5.91 Å². The molecule has 1 aromatic rings. The molecule has 0 heterocycles. The van der Waals surface area contributed by atoms with Crippen LogP contribution in [0.3, 0.4) is 0 Å². The summed E-state index contributed by atoms with van der Waals surface area (Å²) in [5.41, 5.74) is 0. The Morgan fingerprint density at radius 1 is 1.33 bits per heavy atom. The van der Waals surface area contributed by atoms with E-state index in [2.05, 4.69) is 21.2 Å². The summed E-state index contributed by atoms with van der Waals surface area (Å²) in [6, 6.07) is 6.50. The van der Waals surface area contributed by atoms with Gasteiger partial charge in [-0.2, -0.15) is 0 Å². The molecule has 0 aliphatic heterocycles. The predicted octanol–water partition coefficient (Wildman–Crippen LogP) is 2.83. The Hall–Kier alpha value is -1.56. The number of carboxylic acids is 1. The first kappa shape index (κ1) is 17.5. The van der Waals surface area contributed by atoms with E-state index >= 15 is 0 Å². The maximum atomic E-state index is 11.7. The SMILES string of the molecule is CC(C)CC(NC(=O)CCOc1ccccc1Br)C(=O)O. The molecule has 0 spiro atoms. The summed E-state index contributed by atoms with van der Waals surface area (Å²) in [6.45, 7) is 4.03. The van der Waals surface area contributed by atoms with E-state index in [1.165, 1.54) is 0 Å². The quantitative estimate of drug-likeness (QED) is 0.749. The number of carboxylic acid groups (broad SMARTS) is 1. The first-order valence-electron chi connectivity index (χ1n) is 6.79. The normalized spacial score (nSPS) is 12.0. The maximum absolute atomic E-state index is 11.7. The summed E-state index contributed by atoms with van der Waals surface area (Å²) >= 11 is 3.35. The van der Waals surface area contributed by atoms with Crippen LogP contribution in [0.5, 0.6) is 5.75 Å². The van der Waals surface area contributed by atoms with Crippen LogP contribution < -0.4 is 10.1 Å². The van der Waals surface area contributed by atoms with E-state index in [0.29, 0.717) is 12.2 Å². The molecule has 1 rings (SSSR count). The van der Waals surface area contributed by atoms with E-state index in [4.69, 9.17) is 9.84 Å². The molecular formula is C15H20BrNO4. The lowest BCUT2D eigenvalue weighted by atomic mass is 10.0. The van der Waals surface area contributed by atoms with Crippen molar-refractivity contribution in [2.45, 2.75) is 32.7 Å². The number of carbonyl (C=O) groups is 2. The number of halogens is 1. The smallest absolute Gasteiger partial charge is 0.326 e. The van der Waals surface area contributed by atoms with Crippen molar-refractivity contribution in [3.05, 3.63) is 28.7 Å². The molecule has 0 saturated heterocycles. The van der Waals surface area contributed by atoms with Gasteiger partial charge in [0.25, 0.3) is 0 Å². The third kappa shape index (κ3) is 6.62. The van der Waals surface area contributed by atoms with Crippen LogP contribution in [0.15, 0.2) is 28.7 Å². The van der Waals surface area contributed by atoms with Crippen molar-refractivity contribution in [1.29, 1.82) is 0 Å². The Bertz CT molecular complexity index is 490. The van der Waals surface area contributed by atoms with Crippen molar-refractivity contribution in [2.75, 3.05) is 6.61 Å². The van der Waals surface area contributed by atoms with Crippen molar-refractivity contribution in [3.63, 3.8) is 0 Å².